The third kappa shape index (κ3) is 3.93. The summed E-state index contributed by atoms with van der Waals surface area (Å²) in [5, 5.41) is 12.4. The quantitative estimate of drug-likeness (QED) is 0.867. The Morgan fingerprint density at radius 3 is 2.67 bits per heavy atom. The number of nitrogens with zero attached hydrogens (tertiary/aromatic N) is 1. The van der Waals surface area contributed by atoms with Gasteiger partial charge in [-0.05, 0) is 50.3 Å². The first-order chi connectivity index (χ1) is 11.5. The SMILES string of the molecule is O=C(O)C1CCN(C(=O)Nc2cc(Cl)ccc2OC2CCCC2)C1. The van der Waals surface area contributed by atoms with Crippen molar-refractivity contribution in [2.24, 2.45) is 5.92 Å². The summed E-state index contributed by atoms with van der Waals surface area (Å²) in [6, 6.07) is 4.84. The molecule has 1 aliphatic heterocycles. The molecule has 6 nitrogen and oxygen atoms in total. The summed E-state index contributed by atoms with van der Waals surface area (Å²) in [6.45, 7) is 0.655. The normalized spacial score (nSPS) is 21.0. The van der Waals surface area contributed by atoms with E-state index in [4.69, 9.17) is 21.4 Å². The number of amides is 2. The van der Waals surface area contributed by atoms with E-state index < -0.39 is 11.9 Å². The number of anilines is 1. The van der Waals surface area contributed by atoms with Crippen LogP contribution in [0.2, 0.25) is 5.02 Å². The number of likely N-dealkylation sites (tertiary alicyclic amines) is 1. The number of nitrogens with one attached hydrogen (secondary N) is 1. The first-order valence-electron chi connectivity index (χ1n) is 8.28. The number of carboxylic acid groups (broad SMARTS) is 1. The van der Waals surface area contributed by atoms with Crippen LogP contribution in [0.1, 0.15) is 32.1 Å². The molecule has 0 radical (unpaired) electrons. The molecule has 2 amide bonds. The second-order valence-corrected chi connectivity index (χ2v) is 6.80. The molecule has 1 heterocycles. The lowest BCUT2D eigenvalue weighted by atomic mass is 10.1. The lowest BCUT2D eigenvalue weighted by molar-refractivity contribution is -0.141. The third-order valence-corrected chi connectivity index (χ3v) is 4.84. The van der Waals surface area contributed by atoms with E-state index in [0.717, 1.165) is 25.7 Å². The first kappa shape index (κ1) is 16.9. The third-order valence-electron chi connectivity index (χ3n) is 4.60. The molecular formula is C17H21ClN2O4. The van der Waals surface area contributed by atoms with Gasteiger partial charge in [0, 0.05) is 18.1 Å². The van der Waals surface area contributed by atoms with Gasteiger partial charge in [-0.3, -0.25) is 4.79 Å². The molecule has 1 aliphatic carbocycles. The van der Waals surface area contributed by atoms with Crippen molar-refractivity contribution in [1.82, 2.24) is 4.90 Å². The molecule has 1 atom stereocenters. The number of carbonyl (C=O) groups excluding carboxylic acids is 1. The van der Waals surface area contributed by atoms with Gasteiger partial charge in [0.2, 0.25) is 0 Å². The molecule has 1 saturated carbocycles. The van der Waals surface area contributed by atoms with Crippen LogP contribution < -0.4 is 10.1 Å². The zero-order valence-electron chi connectivity index (χ0n) is 13.3. The van der Waals surface area contributed by atoms with Crippen LogP contribution in [-0.2, 0) is 4.79 Å². The lowest BCUT2D eigenvalue weighted by Crippen LogP contribution is -2.34. The Bertz CT molecular complexity index is 631. The summed E-state index contributed by atoms with van der Waals surface area (Å²) in [4.78, 5) is 24.9. The molecule has 0 aromatic heterocycles. The molecule has 2 N–H and O–H groups in total. The molecule has 24 heavy (non-hydrogen) atoms. The highest BCUT2D eigenvalue weighted by molar-refractivity contribution is 6.31. The monoisotopic (exact) mass is 352 g/mol. The van der Waals surface area contributed by atoms with Crippen LogP contribution in [-0.4, -0.2) is 41.2 Å². The van der Waals surface area contributed by atoms with Gasteiger partial charge < -0.3 is 20.1 Å². The van der Waals surface area contributed by atoms with Gasteiger partial charge in [-0.2, -0.15) is 0 Å². The Labute approximate surface area is 145 Å². The first-order valence-corrected chi connectivity index (χ1v) is 8.65. The predicted octanol–water partition coefficient (Wildman–Crippen LogP) is 3.60. The van der Waals surface area contributed by atoms with Crippen LogP contribution in [0, 0.1) is 5.92 Å². The molecule has 1 aromatic rings. The van der Waals surface area contributed by atoms with Gasteiger partial charge in [0.25, 0.3) is 0 Å². The van der Waals surface area contributed by atoms with Crippen LogP contribution in [0.4, 0.5) is 10.5 Å². The van der Waals surface area contributed by atoms with E-state index in [0.29, 0.717) is 29.4 Å². The van der Waals surface area contributed by atoms with E-state index in [9.17, 15) is 9.59 Å². The molecule has 0 bridgehead atoms. The predicted molar refractivity (Wildman–Crippen MR) is 90.7 cm³/mol. The van der Waals surface area contributed by atoms with Gasteiger partial charge in [-0.25, -0.2) is 4.79 Å². The van der Waals surface area contributed by atoms with Crippen LogP contribution >= 0.6 is 11.6 Å². The van der Waals surface area contributed by atoms with E-state index >= 15 is 0 Å². The van der Waals surface area contributed by atoms with E-state index in [1.54, 1.807) is 18.2 Å². The topological polar surface area (TPSA) is 78.9 Å². The Kier molecular flexibility index (Phi) is 5.14. The van der Waals surface area contributed by atoms with Crippen LogP contribution in [0.15, 0.2) is 18.2 Å². The maximum absolute atomic E-state index is 12.4. The maximum Gasteiger partial charge on any atom is 0.321 e. The van der Waals surface area contributed by atoms with Crippen molar-refractivity contribution < 1.29 is 19.4 Å². The molecule has 7 heteroatoms. The summed E-state index contributed by atoms with van der Waals surface area (Å²) in [5.74, 6) is -0.753. The second-order valence-electron chi connectivity index (χ2n) is 6.36. The standard InChI is InChI=1S/C17H21ClN2O4/c18-12-5-6-15(24-13-3-1-2-4-13)14(9-12)19-17(23)20-8-7-11(10-20)16(21)22/h5-6,9,11,13H,1-4,7-8,10H2,(H,19,23)(H,21,22). The van der Waals surface area contributed by atoms with Gasteiger partial charge in [0.1, 0.15) is 5.75 Å². The molecular weight excluding hydrogens is 332 g/mol. The fraction of sp³-hybridized carbons (Fsp3) is 0.529. The number of hydrogen-bond acceptors (Lipinski definition) is 3. The molecule has 130 valence electrons. The summed E-state index contributed by atoms with van der Waals surface area (Å²) in [5.41, 5.74) is 0.526. The highest BCUT2D eigenvalue weighted by atomic mass is 35.5. The summed E-state index contributed by atoms with van der Waals surface area (Å²) in [7, 11) is 0. The number of rotatable bonds is 4. The van der Waals surface area contributed by atoms with Crippen LogP contribution in [0.3, 0.4) is 0 Å². The largest absolute Gasteiger partial charge is 0.488 e. The number of carbonyl (C=O) groups is 2. The van der Waals surface area contributed by atoms with Crippen molar-refractivity contribution in [3.63, 3.8) is 0 Å². The molecule has 1 saturated heterocycles. The van der Waals surface area contributed by atoms with Crippen molar-refractivity contribution in [2.75, 3.05) is 18.4 Å². The minimum atomic E-state index is -0.863. The maximum atomic E-state index is 12.4. The van der Waals surface area contributed by atoms with E-state index in [-0.39, 0.29) is 18.7 Å². The Morgan fingerprint density at radius 2 is 2.00 bits per heavy atom. The number of hydrogen-bond donors (Lipinski definition) is 2. The van der Waals surface area contributed by atoms with Gasteiger partial charge in [-0.1, -0.05) is 11.6 Å². The van der Waals surface area contributed by atoms with E-state index in [1.807, 2.05) is 0 Å². The number of aliphatic carboxylic acids is 1. The molecule has 2 fully saturated rings. The number of carboxylic acids is 1. The van der Waals surface area contributed by atoms with Gasteiger partial charge in [0.15, 0.2) is 0 Å². The van der Waals surface area contributed by atoms with E-state index in [2.05, 4.69) is 5.32 Å². The fourth-order valence-corrected chi connectivity index (χ4v) is 3.40. The minimum Gasteiger partial charge on any atom is -0.488 e. The summed E-state index contributed by atoms with van der Waals surface area (Å²) < 4.78 is 6.00. The van der Waals surface area contributed by atoms with E-state index in [1.165, 1.54) is 4.90 Å². The van der Waals surface area contributed by atoms with Crippen molar-refractivity contribution in [1.29, 1.82) is 0 Å². The summed E-state index contributed by atoms with van der Waals surface area (Å²) in [6.07, 6.45) is 4.99. The summed E-state index contributed by atoms with van der Waals surface area (Å²) >= 11 is 6.04. The number of ether oxygens (including phenoxy) is 1. The minimum absolute atomic E-state index is 0.171. The average Bonchev–Trinajstić information content (AvgIpc) is 3.21. The number of halogens is 1. The number of urea groups is 1. The van der Waals surface area contributed by atoms with Crippen molar-refractivity contribution >= 4 is 29.3 Å². The fourth-order valence-electron chi connectivity index (χ4n) is 3.23. The highest BCUT2D eigenvalue weighted by Gasteiger charge is 2.31. The second kappa shape index (κ2) is 7.30. The Hall–Kier alpha value is -1.95. The Balaban J connectivity index is 1.68. The molecule has 2 aliphatic rings. The Morgan fingerprint density at radius 1 is 1.25 bits per heavy atom. The molecule has 1 aromatic carbocycles. The zero-order valence-corrected chi connectivity index (χ0v) is 14.1. The molecule has 0 spiro atoms. The molecule has 1 unspecified atom stereocenters. The van der Waals surface area contributed by atoms with Crippen molar-refractivity contribution in [3.05, 3.63) is 23.2 Å². The zero-order chi connectivity index (χ0) is 17.1. The molecule has 3 rings (SSSR count). The lowest BCUT2D eigenvalue weighted by Gasteiger charge is -2.20. The van der Waals surface area contributed by atoms with Gasteiger partial charge in [0.05, 0.1) is 17.7 Å². The smallest absolute Gasteiger partial charge is 0.321 e. The van der Waals surface area contributed by atoms with Crippen molar-refractivity contribution in [2.45, 2.75) is 38.2 Å². The van der Waals surface area contributed by atoms with Gasteiger partial charge in [-0.15, -0.1) is 0 Å². The van der Waals surface area contributed by atoms with Crippen molar-refractivity contribution in [3.8, 4) is 5.75 Å². The number of benzene rings is 1. The van der Waals surface area contributed by atoms with Gasteiger partial charge >= 0.3 is 12.0 Å². The average molecular weight is 353 g/mol. The van der Waals surface area contributed by atoms with Crippen LogP contribution in [0.5, 0.6) is 5.75 Å². The van der Waals surface area contributed by atoms with Crippen LogP contribution in [0.25, 0.3) is 0 Å². The highest BCUT2D eigenvalue weighted by Crippen LogP contribution is 2.32.